The molecule has 0 N–H and O–H groups in total. The summed E-state index contributed by atoms with van der Waals surface area (Å²) in [6.07, 6.45) is 4.23. The summed E-state index contributed by atoms with van der Waals surface area (Å²) in [6, 6.07) is 8.76. The summed E-state index contributed by atoms with van der Waals surface area (Å²) in [7, 11) is 0. The van der Waals surface area contributed by atoms with Crippen molar-refractivity contribution in [3.63, 3.8) is 0 Å². The Hall–Kier alpha value is -2.01. The van der Waals surface area contributed by atoms with Gasteiger partial charge in [-0.25, -0.2) is 23.5 Å². The number of hydrogen-bond donors (Lipinski definition) is 0. The molecule has 6 heteroatoms. The fraction of sp³-hybridized carbons (Fsp3) is 0.231. The maximum Gasteiger partial charge on any atom is 0.353 e. The molecule has 0 spiro atoms. The van der Waals surface area contributed by atoms with Crippen LogP contribution in [-0.4, -0.2) is 13.9 Å². The molecule has 19 heavy (non-hydrogen) atoms. The molecule has 0 radical (unpaired) electrons. The molecular formula is C13H10ClN3O2. The van der Waals surface area contributed by atoms with Crippen LogP contribution < -0.4 is 11.4 Å². The maximum atomic E-state index is 12.5. The lowest BCUT2D eigenvalue weighted by molar-refractivity contribution is 0.474. The summed E-state index contributed by atoms with van der Waals surface area (Å²) < 4.78 is 3.97. The average Bonchev–Trinajstić information content (AvgIpc) is 3.00. The number of allylic oxidation sites excluding steroid dienone is 2. The number of alkyl halides is 1. The van der Waals surface area contributed by atoms with Gasteiger partial charge in [-0.05, 0) is 18.2 Å². The highest BCUT2D eigenvalue weighted by atomic mass is 35.5. The topological polar surface area (TPSA) is 48.9 Å². The zero-order valence-corrected chi connectivity index (χ0v) is 10.6. The van der Waals surface area contributed by atoms with E-state index in [9.17, 15) is 9.59 Å². The zero-order valence-electron chi connectivity index (χ0n) is 9.86. The Morgan fingerprint density at radius 3 is 2.58 bits per heavy atom. The van der Waals surface area contributed by atoms with Gasteiger partial charge in [-0.3, -0.25) is 0 Å². The molecule has 1 aliphatic heterocycles. The van der Waals surface area contributed by atoms with E-state index in [1.807, 2.05) is 12.1 Å². The second kappa shape index (κ2) is 3.30. The SMILES string of the molecule is O=c1n(-c2ccccc2)c(=O)n2n1C1C=CC2(Cl)C1. The predicted molar refractivity (Wildman–Crippen MR) is 70.9 cm³/mol. The average molecular weight is 276 g/mol. The first kappa shape index (κ1) is 10.9. The van der Waals surface area contributed by atoms with Crippen molar-refractivity contribution in [2.45, 2.75) is 17.5 Å². The summed E-state index contributed by atoms with van der Waals surface area (Å²) in [5, 5.41) is 0. The lowest BCUT2D eigenvalue weighted by Crippen LogP contribution is -2.34. The number of rotatable bonds is 1. The molecule has 2 aromatic rings. The van der Waals surface area contributed by atoms with Crippen LogP contribution in [-0.2, 0) is 5.00 Å². The molecule has 0 fully saturated rings. The van der Waals surface area contributed by atoms with E-state index >= 15 is 0 Å². The fourth-order valence-electron chi connectivity index (χ4n) is 2.90. The highest BCUT2D eigenvalue weighted by Gasteiger charge is 2.47. The monoisotopic (exact) mass is 275 g/mol. The first-order valence-electron chi connectivity index (χ1n) is 6.02. The van der Waals surface area contributed by atoms with E-state index in [-0.39, 0.29) is 11.7 Å². The third-order valence-electron chi connectivity index (χ3n) is 3.73. The van der Waals surface area contributed by atoms with E-state index in [2.05, 4.69) is 0 Å². The Kier molecular flexibility index (Phi) is 1.89. The number of hydrogen-bond acceptors (Lipinski definition) is 2. The van der Waals surface area contributed by atoms with Gasteiger partial charge in [-0.1, -0.05) is 35.9 Å². The molecular weight excluding hydrogens is 266 g/mol. The number of fused-ring (bicyclic) bond motifs is 5. The summed E-state index contributed by atoms with van der Waals surface area (Å²) in [6.45, 7) is 0. The van der Waals surface area contributed by atoms with E-state index in [0.717, 1.165) is 4.57 Å². The smallest absolute Gasteiger partial charge is 0.245 e. The normalized spacial score (nSPS) is 26.9. The number of aromatic nitrogens is 3. The molecule has 2 atom stereocenters. The Morgan fingerprint density at radius 2 is 1.89 bits per heavy atom. The highest BCUT2D eigenvalue weighted by molar-refractivity contribution is 6.23. The lowest BCUT2D eigenvalue weighted by atomic mass is 10.2. The van der Waals surface area contributed by atoms with Crippen LogP contribution in [0.5, 0.6) is 0 Å². The minimum absolute atomic E-state index is 0.123. The number of nitrogens with zero attached hydrogens (tertiary/aromatic N) is 3. The number of halogens is 1. The number of para-hydroxylation sites is 1. The molecule has 2 bridgehead atoms. The summed E-state index contributed by atoms with van der Waals surface area (Å²) in [5.74, 6) is 0. The van der Waals surface area contributed by atoms with Crippen LogP contribution in [0.15, 0.2) is 52.1 Å². The van der Waals surface area contributed by atoms with E-state index in [1.54, 1.807) is 30.3 Å². The molecule has 96 valence electrons. The van der Waals surface area contributed by atoms with Gasteiger partial charge in [0, 0.05) is 6.42 Å². The van der Waals surface area contributed by atoms with Crippen molar-refractivity contribution in [2.75, 3.05) is 0 Å². The van der Waals surface area contributed by atoms with Gasteiger partial charge < -0.3 is 0 Å². The van der Waals surface area contributed by atoms with Gasteiger partial charge in [0.1, 0.15) is 0 Å². The summed E-state index contributed by atoms with van der Waals surface area (Å²) in [4.78, 5) is 24.0. The van der Waals surface area contributed by atoms with Crippen LogP contribution in [0, 0.1) is 0 Å². The third kappa shape index (κ3) is 1.20. The first-order valence-corrected chi connectivity index (χ1v) is 6.40. The van der Waals surface area contributed by atoms with E-state index in [0.29, 0.717) is 12.1 Å². The molecule has 1 aromatic carbocycles. The summed E-state index contributed by atoms with van der Waals surface area (Å²) in [5.41, 5.74) is -0.169. The molecule has 2 unspecified atom stereocenters. The van der Waals surface area contributed by atoms with E-state index in [4.69, 9.17) is 11.6 Å². The van der Waals surface area contributed by atoms with Crippen molar-refractivity contribution in [1.29, 1.82) is 0 Å². The lowest BCUT2D eigenvalue weighted by Gasteiger charge is -2.16. The van der Waals surface area contributed by atoms with Gasteiger partial charge in [-0.2, -0.15) is 0 Å². The Balaban J connectivity index is 2.07. The molecule has 2 aliphatic rings. The van der Waals surface area contributed by atoms with Gasteiger partial charge in [0.15, 0.2) is 5.00 Å². The second-order valence-corrected chi connectivity index (χ2v) is 5.50. The maximum absolute atomic E-state index is 12.5. The van der Waals surface area contributed by atoms with Gasteiger partial charge in [0.2, 0.25) is 0 Å². The van der Waals surface area contributed by atoms with E-state index < -0.39 is 10.7 Å². The second-order valence-electron chi connectivity index (χ2n) is 4.84. The van der Waals surface area contributed by atoms with Crippen molar-refractivity contribution in [2.24, 2.45) is 0 Å². The molecule has 0 saturated carbocycles. The Labute approximate surface area is 112 Å². The molecule has 0 amide bonds. The Morgan fingerprint density at radius 1 is 1.16 bits per heavy atom. The minimum atomic E-state index is -0.888. The van der Waals surface area contributed by atoms with Crippen molar-refractivity contribution >= 4 is 11.6 Å². The molecule has 4 rings (SSSR count). The van der Waals surface area contributed by atoms with E-state index in [1.165, 1.54) is 9.36 Å². The third-order valence-corrected chi connectivity index (χ3v) is 4.17. The highest BCUT2D eigenvalue weighted by Crippen LogP contribution is 2.44. The van der Waals surface area contributed by atoms with Crippen molar-refractivity contribution < 1.29 is 0 Å². The van der Waals surface area contributed by atoms with Crippen molar-refractivity contribution in [3.05, 3.63) is 63.5 Å². The largest absolute Gasteiger partial charge is 0.353 e. The summed E-state index contributed by atoms with van der Waals surface area (Å²) >= 11 is 6.41. The van der Waals surface area contributed by atoms with Crippen LogP contribution in [0.1, 0.15) is 12.5 Å². The van der Waals surface area contributed by atoms with Crippen molar-refractivity contribution in [3.8, 4) is 5.69 Å². The van der Waals surface area contributed by atoms with Crippen LogP contribution >= 0.6 is 11.6 Å². The van der Waals surface area contributed by atoms with Crippen molar-refractivity contribution in [1.82, 2.24) is 13.9 Å². The van der Waals surface area contributed by atoms with Gasteiger partial charge >= 0.3 is 11.4 Å². The van der Waals surface area contributed by atoms with Crippen LogP contribution in [0.2, 0.25) is 0 Å². The Bertz CT molecular complexity index is 815. The fourth-order valence-corrected chi connectivity index (χ4v) is 3.28. The molecule has 0 saturated heterocycles. The quantitative estimate of drug-likeness (QED) is 0.580. The predicted octanol–water partition coefficient (Wildman–Crippen LogP) is 1.21. The minimum Gasteiger partial charge on any atom is -0.245 e. The van der Waals surface area contributed by atoms with Gasteiger partial charge in [0.05, 0.1) is 11.7 Å². The molecule has 1 aliphatic carbocycles. The molecule has 2 heterocycles. The van der Waals surface area contributed by atoms with Crippen LogP contribution in [0.3, 0.4) is 0 Å². The standard InChI is InChI=1S/C13H10ClN3O2/c14-13-7-6-10(8-13)16-11(18)15(12(19)17(13)16)9-4-2-1-3-5-9/h1-7,10H,8H2. The van der Waals surface area contributed by atoms with Gasteiger partial charge in [-0.15, -0.1) is 0 Å². The van der Waals surface area contributed by atoms with Crippen LogP contribution in [0.4, 0.5) is 0 Å². The number of benzene rings is 1. The molecule has 5 nitrogen and oxygen atoms in total. The first-order chi connectivity index (χ1) is 9.12. The molecule has 1 aromatic heterocycles. The van der Waals surface area contributed by atoms with Gasteiger partial charge in [0.25, 0.3) is 0 Å². The van der Waals surface area contributed by atoms with Crippen LogP contribution in [0.25, 0.3) is 5.69 Å². The zero-order chi connectivity index (χ0) is 13.2.